The van der Waals surface area contributed by atoms with Crippen molar-refractivity contribution in [1.82, 2.24) is 14.7 Å². The van der Waals surface area contributed by atoms with Crippen molar-refractivity contribution < 1.29 is 4.79 Å². The van der Waals surface area contributed by atoms with E-state index in [9.17, 15) is 4.79 Å². The molecule has 2 N–H and O–H groups in total. The van der Waals surface area contributed by atoms with Gasteiger partial charge in [0.25, 0.3) is 0 Å². The third kappa shape index (κ3) is 2.51. The van der Waals surface area contributed by atoms with Crippen LogP contribution in [0.25, 0.3) is 0 Å². The monoisotopic (exact) mass is 284 g/mol. The molecule has 5 heteroatoms. The van der Waals surface area contributed by atoms with Crippen LogP contribution in [-0.4, -0.2) is 27.6 Å². The van der Waals surface area contributed by atoms with E-state index in [2.05, 4.69) is 5.10 Å². The van der Waals surface area contributed by atoms with Crippen molar-refractivity contribution in [2.45, 2.75) is 24.8 Å². The maximum absolute atomic E-state index is 12.8. The smallest absolute Gasteiger partial charge is 0.233 e. The van der Waals surface area contributed by atoms with Crippen molar-refractivity contribution in [3.8, 4) is 0 Å². The lowest BCUT2D eigenvalue weighted by molar-refractivity contribution is -0.133. The predicted molar refractivity (Wildman–Crippen MR) is 81.4 cm³/mol. The molecule has 0 unspecified atom stereocenters. The van der Waals surface area contributed by atoms with Crippen molar-refractivity contribution in [3.05, 3.63) is 47.8 Å². The summed E-state index contributed by atoms with van der Waals surface area (Å²) in [7, 11) is 3.73. The highest BCUT2D eigenvalue weighted by molar-refractivity contribution is 5.91. The number of likely N-dealkylation sites (N-methyl/N-ethyl adjacent to an activating group) is 1. The summed E-state index contributed by atoms with van der Waals surface area (Å²) in [4.78, 5) is 14.6. The molecule has 1 aromatic heterocycles. The quantitative estimate of drug-likeness (QED) is 0.869. The van der Waals surface area contributed by atoms with E-state index in [1.54, 1.807) is 15.8 Å². The van der Waals surface area contributed by atoms with Gasteiger partial charge in [-0.1, -0.05) is 12.1 Å². The first kappa shape index (κ1) is 13.7. The SMILES string of the molecule is CN(Cc1cnn(C)c1)C(=O)C1(c2ccc(N)cc2)CC1. The van der Waals surface area contributed by atoms with Crippen molar-refractivity contribution in [3.63, 3.8) is 0 Å². The predicted octanol–water partition coefficient (Wildman–Crippen LogP) is 1.69. The van der Waals surface area contributed by atoms with Gasteiger partial charge < -0.3 is 10.6 Å². The van der Waals surface area contributed by atoms with Gasteiger partial charge in [-0.05, 0) is 30.5 Å². The summed E-state index contributed by atoms with van der Waals surface area (Å²) in [5, 5.41) is 4.14. The zero-order valence-corrected chi connectivity index (χ0v) is 12.4. The molecule has 0 radical (unpaired) electrons. The van der Waals surface area contributed by atoms with Gasteiger partial charge >= 0.3 is 0 Å². The standard InChI is InChI=1S/C16H20N4O/c1-19(10-12-9-18-20(2)11-12)15(21)16(7-8-16)13-3-5-14(17)6-4-13/h3-6,9,11H,7-8,10,17H2,1-2H3. The van der Waals surface area contributed by atoms with Gasteiger partial charge in [-0.2, -0.15) is 5.10 Å². The average molecular weight is 284 g/mol. The van der Waals surface area contributed by atoms with Crippen LogP contribution in [0.2, 0.25) is 0 Å². The Morgan fingerprint density at radius 3 is 2.57 bits per heavy atom. The first-order valence-electron chi connectivity index (χ1n) is 7.10. The first-order valence-corrected chi connectivity index (χ1v) is 7.10. The molecular formula is C16H20N4O. The molecule has 0 aliphatic heterocycles. The molecule has 1 aromatic carbocycles. The van der Waals surface area contributed by atoms with Crippen molar-refractivity contribution >= 4 is 11.6 Å². The number of nitrogen functional groups attached to an aromatic ring is 1. The van der Waals surface area contributed by atoms with Crippen LogP contribution in [0.4, 0.5) is 5.69 Å². The molecule has 1 aliphatic carbocycles. The van der Waals surface area contributed by atoms with E-state index < -0.39 is 0 Å². The summed E-state index contributed by atoms with van der Waals surface area (Å²) in [5.74, 6) is 0.177. The van der Waals surface area contributed by atoms with Crippen LogP contribution >= 0.6 is 0 Å². The molecule has 1 heterocycles. The third-order valence-corrected chi connectivity index (χ3v) is 4.15. The maximum atomic E-state index is 12.8. The Morgan fingerprint density at radius 2 is 2.05 bits per heavy atom. The molecule has 110 valence electrons. The molecule has 3 rings (SSSR count). The second kappa shape index (κ2) is 4.91. The number of nitrogens with two attached hydrogens (primary N) is 1. The summed E-state index contributed by atoms with van der Waals surface area (Å²) in [6, 6.07) is 7.67. The van der Waals surface area contributed by atoms with Gasteiger partial charge in [0.15, 0.2) is 0 Å². The summed E-state index contributed by atoms with van der Waals surface area (Å²) >= 11 is 0. The number of anilines is 1. The van der Waals surface area contributed by atoms with E-state index in [0.717, 1.165) is 29.7 Å². The molecule has 1 fully saturated rings. The Hall–Kier alpha value is -2.30. The topological polar surface area (TPSA) is 64.2 Å². The lowest BCUT2D eigenvalue weighted by Gasteiger charge is -2.23. The second-order valence-electron chi connectivity index (χ2n) is 5.89. The Kier molecular flexibility index (Phi) is 3.20. The molecule has 2 aromatic rings. The number of hydrogen-bond acceptors (Lipinski definition) is 3. The Labute approximate surface area is 124 Å². The van der Waals surface area contributed by atoms with Gasteiger partial charge in [-0.25, -0.2) is 0 Å². The minimum absolute atomic E-state index is 0.177. The van der Waals surface area contributed by atoms with Crippen LogP contribution in [0, 0.1) is 0 Å². The molecule has 1 amide bonds. The lowest BCUT2D eigenvalue weighted by Crippen LogP contribution is -2.36. The summed E-state index contributed by atoms with van der Waals surface area (Å²) in [6.45, 7) is 0.587. The number of aryl methyl sites for hydroxylation is 1. The maximum Gasteiger partial charge on any atom is 0.233 e. The summed E-state index contributed by atoms with van der Waals surface area (Å²) in [6.07, 6.45) is 5.55. The van der Waals surface area contributed by atoms with Crippen LogP contribution < -0.4 is 5.73 Å². The van der Waals surface area contributed by atoms with E-state index in [1.165, 1.54) is 0 Å². The molecule has 0 saturated heterocycles. The zero-order chi connectivity index (χ0) is 15.0. The molecule has 21 heavy (non-hydrogen) atoms. The summed E-state index contributed by atoms with van der Waals surface area (Å²) < 4.78 is 1.75. The van der Waals surface area contributed by atoms with E-state index in [4.69, 9.17) is 5.73 Å². The van der Waals surface area contributed by atoms with E-state index >= 15 is 0 Å². The average Bonchev–Trinajstić information content (AvgIpc) is 3.17. The van der Waals surface area contributed by atoms with Gasteiger partial charge in [0.05, 0.1) is 11.6 Å². The van der Waals surface area contributed by atoms with Gasteiger partial charge in [-0.3, -0.25) is 9.48 Å². The van der Waals surface area contributed by atoms with E-state index in [1.807, 2.05) is 44.6 Å². The van der Waals surface area contributed by atoms with Gasteiger partial charge in [0.2, 0.25) is 5.91 Å². The van der Waals surface area contributed by atoms with E-state index in [0.29, 0.717) is 6.54 Å². The second-order valence-corrected chi connectivity index (χ2v) is 5.89. The van der Waals surface area contributed by atoms with Crippen LogP contribution in [0.1, 0.15) is 24.0 Å². The fourth-order valence-electron chi connectivity index (χ4n) is 2.82. The first-order chi connectivity index (χ1) is 10.0. The molecule has 5 nitrogen and oxygen atoms in total. The molecule has 1 aliphatic rings. The lowest BCUT2D eigenvalue weighted by atomic mass is 9.94. The number of carbonyl (C=O) groups is 1. The van der Waals surface area contributed by atoms with Crippen molar-refractivity contribution in [1.29, 1.82) is 0 Å². The van der Waals surface area contributed by atoms with Gasteiger partial charge in [0.1, 0.15) is 0 Å². The van der Waals surface area contributed by atoms with Crippen LogP contribution in [0.5, 0.6) is 0 Å². The molecule has 0 atom stereocenters. The number of rotatable bonds is 4. The van der Waals surface area contributed by atoms with Crippen molar-refractivity contribution in [2.75, 3.05) is 12.8 Å². The zero-order valence-electron chi connectivity index (χ0n) is 12.4. The summed E-state index contributed by atoms with van der Waals surface area (Å²) in [5.41, 5.74) is 8.22. The van der Waals surface area contributed by atoms with Crippen LogP contribution in [0.3, 0.4) is 0 Å². The molecule has 1 saturated carbocycles. The largest absolute Gasteiger partial charge is 0.399 e. The Balaban J connectivity index is 1.76. The van der Waals surface area contributed by atoms with Gasteiger partial charge in [0, 0.05) is 38.1 Å². The van der Waals surface area contributed by atoms with Crippen LogP contribution in [-0.2, 0) is 23.8 Å². The number of hydrogen-bond donors (Lipinski definition) is 1. The highest BCUT2D eigenvalue weighted by Crippen LogP contribution is 2.49. The number of carbonyl (C=O) groups excluding carboxylic acids is 1. The fraction of sp³-hybridized carbons (Fsp3) is 0.375. The molecule has 0 bridgehead atoms. The Bertz CT molecular complexity index is 655. The third-order valence-electron chi connectivity index (χ3n) is 4.15. The number of amides is 1. The van der Waals surface area contributed by atoms with Crippen LogP contribution in [0.15, 0.2) is 36.7 Å². The minimum atomic E-state index is -0.343. The number of nitrogens with zero attached hydrogens (tertiary/aromatic N) is 3. The Morgan fingerprint density at radius 1 is 1.38 bits per heavy atom. The highest BCUT2D eigenvalue weighted by Gasteiger charge is 2.52. The van der Waals surface area contributed by atoms with Gasteiger partial charge in [-0.15, -0.1) is 0 Å². The van der Waals surface area contributed by atoms with E-state index in [-0.39, 0.29) is 11.3 Å². The molecular weight excluding hydrogens is 264 g/mol. The molecule has 0 spiro atoms. The number of benzene rings is 1. The van der Waals surface area contributed by atoms with Crippen molar-refractivity contribution in [2.24, 2.45) is 7.05 Å². The fourth-order valence-corrected chi connectivity index (χ4v) is 2.82. The highest BCUT2D eigenvalue weighted by atomic mass is 16.2. The minimum Gasteiger partial charge on any atom is -0.399 e. The number of aromatic nitrogens is 2. The normalized spacial score (nSPS) is 15.7.